The van der Waals surface area contributed by atoms with Crippen molar-refractivity contribution >= 4 is 22.0 Å². The first-order valence-corrected chi connectivity index (χ1v) is 7.99. The van der Waals surface area contributed by atoms with Crippen molar-refractivity contribution < 1.29 is 9.13 Å². The van der Waals surface area contributed by atoms with E-state index in [1.54, 1.807) is 11.3 Å². The van der Waals surface area contributed by atoms with Gasteiger partial charge >= 0.3 is 0 Å². The number of aromatic nitrogens is 3. The van der Waals surface area contributed by atoms with E-state index < -0.39 is 0 Å². The van der Waals surface area contributed by atoms with Crippen molar-refractivity contribution in [2.45, 2.75) is 6.42 Å². The van der Waals surface area contributed by atoms with E-state index in [0.29, 0.717) is 0 Å². The summed E-state index contributed by atoms with van der Waals surface area (Å²) in [5, 5.41) is 2.10. The van der Waals surface area contributed by atoms with Gasteiger partial charge in [0.15, 0.2) is 24.8 Å². The third-order valence-electron chi connectivity index (χ3n) is 3.79. The molecule has 0 aliphatic carbocycles. The number of aryl methyl sites for hydroxylation is 2. The lowest BCUT2D eigenvalue weighted by atomic mass is 10.1. The Morgan fingerprint density at radius 2 is 1.50 bits per heavy atom. The molecule has 1 aliphatic rings. The molecule has 22 heavy (non-hydrogen) atoms. The first-order chi connectivity index (χ1) is 10.7. The zero-order chi connectivity index (χ0) is 15.1. The molecule has 0 amide bonds. The highest BCUT2D eigenvalue weighted by molar-refractivity contribution is 7.19. The third kappa shape index (κ3) is 2.33. The Morgan fingerprint density at radius 1 is 0.909 bits per heavy atom. The van der Waals surface area contributed by atoms with Crippen LogP contribution in [0.3, 0.4) is 0 Å². The molecule has 108 valence electrons. The smallest absolute Gasteiger partial charge is 0.169 e. The lowest BCUT2D eigenvalue weighted by Crippen LogP contribution is -2.26. The summed E-state index contributed by atoms with van der Waals surface area (Å²) in [5.74, 6) is 0. The number of aliphatic imine (C=N–C) groups is 1. The molecule has 0 fully saturated rings. The predicted octanol–water partition coefficient (Wildman–Crippen LogP) is 2.14. The van der Waals surface area contributed by atoms with Crippen LogP contribution in [0.2, 0.25) is 0 Å². The second-order valence-corrected chi connectivity index (χ2v) is 6.49. The van der Waals surface area contributed by atoms with Gasteiger partial charge in [-0.2, -0.15) is 0 Å². The topological polar surface area (TPSA) is 33.0 Å². The number of hydrogen-bond acceptors (Lipinski definition) is 3. The van der Waals surface area contributed by atoms with Crippen LogP contribution in [-0.2, 0) is 20.5 Å². The molecule has 4 nitrogen and oxygen atoms in total. The van der Waals surface area contributed by atoms with Gasteiger partial charge in [0, 0.05) is 41.8 Å². The minimum atomic E-state index is 0.820. The molecule has 3 aromatic heterocycles. The molecule has 4 rings (SSSR count). The number of hydrogen-bond donors (Lipinski definition) is 0. The summed E-state index contributed by atoms with van der Waals surface area (Å²) in [6.45, 7) is 0. The lowest BCUT2D eigenvalue weighted by molar-refractivity contribution is -0.671. The Balaban J connectivity index is 1.65. The van der Waals surface area contributed by atoms with Gasteiger partial charge < -0.3 is 0 Å². The maximum absolute atomic E-state index is 4.77. The van der Waals surface area contributed by atoms with E-state index in [9.17, 15) is 0 Å². The minimum Gasteiger partial charge on any atom is -0.240 e. The zero-order valence-electron chi connectivity index (χ0n) is 12.5. The van der Waals surface area contributed by atoms with Crippen LogP contribution in [0.15, 0.2) is 54.0 Å². The van der Waals surface area contributed by atoms with Crippen LogP contribution >= 0.6 is 11.3 Å². The van der Waals surface area contributed by atoms with Gasteiger partial charge in [-0.3, -0.25) is 0 Å². The van der Waals surface area contributed by atoms with Crippen LogP contribution in [0.1, 0.15) is 11.3 Å². The van der Waals surface area contributed by atoms with Gasteiger partial charge in [-0.05, 0) is 0 Å². The van der Waals surface area contributed by atoms with Crippen LogP contribution in [0.5, 0.6) is 0 Å². The summed E-state index contributed by atoms with van der Waals surface area (Å²) in [6, 6.07) is 8.40. The Kier molecular flexibility index (Phi) is 3.08. The SMILES string of the molecule is C[n+]1ccc(C2=Nc3sc(-c4cc[n+](C)cc4)nc3C2)cc1. The van der Waals surface area contributed by atoms with E-state index in [-0.39, 0.29) is 0 Å². The maximum atomic E-state index is 4.77. The maximum Gasteiger partial charge on any atom is 0.169 e. The van der Waals surface area contributed by atoms with Gasteiger partial charge in [0.25, 0.3) is 0 Å². The standard InChI is InChI=1S/C17H16N4S/c1-20-7-3-12(4-8-20)14-11-15-17(18-14)22-16(19-15)13-5-9-21(2)10-6-13/h3-10H,11H2,1-2H3/q+2. The largest absolute Gasteiger partial charge is 0.240 e. The number of fused-ring (bicyclic) bond motifs is 1. The average molecular weight is 308 g/mol. The number of nitrogens with zero attached hydrogens (tertiary/aromatic N) is 4. The highest BCUT2D eigenvalue weighted by Crippen LogP contribution is 2.38. The van der Waals surface area contributed by atoms with Crippen molar-refractivity contribution in [2.24, 2.45) is 19.1 Å². The van der Waals surface area contributed by atoms with Gasteiger partial charge in [0.1, 0.15) is 24.1 Å². The van der Waals surface area contributed by atoms with E-state index in [0.717, 1.165) is 33.4 Å². The van der Waals surface area contributed by atoms with Crippen LogP contribution in [0.4, 0.5) is 5.00 Å². The van der Waals surface area contributed by atoms with Crippen LogP contribution in [0, 0.1) is 0 Å². The monoisotopic (exact) mass is 308 g/mol. The van der Waals surface area contributed by atoms with Crippen molar-refractivity contribution in [1.29, 1.82) is 0 Å². The van der Waals surface area contributed by atoms with Gasteiger partial charge in [-0.25, -0.2) is 19.1 Å². The Labute approximate surface area is 133 Å². The average Bonchev–Trinajstić information content (AvgIpc) is 3.07. The molecule has 0 saturated heterocycles. The van der Waals surface area contributed by atoms with Crippen molar-refractivity contribution in [3.05, 3.63) is 60.3 Å². The van der Waals surface area contributed by atoms with E-state index in [1.165, 1.54) is 5.56 Å². The van der Waals surface area contributed by atoms with Gasteiger partial charge in [0.05, 0.1) is 11.4 Å². The Hall–Kier alpha value is -2.40. The quantitative estimate of drug-likeness (QED) is 0.668. The highest BCUT2D eigenvalue weighted by Gasteiger charge is 2.22. The summed E-state index contributed by atoms with van der Waals surface area (Å²) in [4.78, 5) is 9.55. The molecule has 5 heteroatoms. The highest BCUT2D eigenvalue weighted by atomic mass is 32.1. The molecule has 0 N–H and O–H groups in total. The lowest BCUT2D eigenvalue weighted by Gasteiger charge is -1.98. The van der Waals surface area contributed by atoms with E-state index >= 15 is 0 Å². The molecule has 0 unspecified atom stereocenters. The Bertz CT molecular complexity index is 861. The summed E-state index contributed by atoms with van der Waals surface area (Å²) < 4.78 is 4.05. The fourth-order valence-corrected chi connectivity index (χ4v) is 3.48. The molecule has 0 aromatic carbocycles. The fraction of sp³-hybridized carbons (Fsp3) is 0.176. The third-order valence-corrected chi connectivity index (χ3v) is 4.83. The molecule has 0 bridgehead atoms. The van der Waals surface area contributed by atoms with Crippen LogP contribution in [-0.4, -0.2) is 10.7 Å². The molecule has 0 spiro atoms. The van der Waals surface area contributed by atoms with E-state index in [4.69, 9.17) is 9.98 Å². The zero-order valence-corrected chi connectivity index (χ0v) is 13.3. The summed E-state index contributed by atoms with van der Waals surface area (Å²) in [5.41, 5.74) is 4.54. The fourth-order valence-electron chi connectivity index (χ4n) is 2.49. The summed E-state index contributed by atoms with van der Waals surface area (Å²) in [6.07, 6.45) is 9.00. The van der Waals surface area contributed by atoms with Gasteiger partial charge in [-0.15, -0.1) is 0 Å². The first-order valence-electron chi connectivity index (χ1n) is 7.18. The van der Waals surface area contributed by atoms with Crippen LogP contribution < -0.4 is 9.13 Å². The molecule has 4 heterocycles. The van der Waals surface area contributed by atoms with Crippen molar-refractivity contribution in [2.75, 3.05) is 0 Å². The molecule has 1 aliphatic heterocycles. The predicted molar refractivity (Wildman–Crippen MR) is 86.2 cm³/mol. The number of rotatable bonds is 2. The number of pyridine rings is 2. The van der Waals surface area contributed by atoms with Crippen molar-refractivity contribution in [1.82, 2.24) is 4.98 Å². The molecule has 0 atom stereocenters. The van der Waals surface area contributed by atoms with E-state index in [1.807, 2.05) is 48.0 Å². The van der Waals surface area contributed by atoms with Crippen LogP contribution in [0.25, 0.3) is 10.6 Å². The second-order valence-electron chi connectivity index (χ2n) is 5.51. The summed E-state index contributed by atoms with van der Waals surface area (Å²) in [7, 11) is 4.03. The van der Waals surface area contributed by atoms with Crippen molar-refractivity contribution in [3.8, 4) is 10.6 Å². The summed E-state index contributed by atoms with van der Waals surface area (Å²) >= 11 is 1.67. The molecule has 3 aromatic rings. The molecule has 0 saturated carbocycles. The number of thiazole rings is 1. The molecule has 0 radical (unpaired) electrons. The van der Waals surface area contributed by atoms with Crippen molar-refractivity contribution in [3.63, 3.8) is 0 Å². The van der Waals surface area contributed by atoms with Gasteiger partial charge in [-0.1, -0.05) is 11.3 Å². The van der Waals surface area contributed by atoms with E-state index in [2.05, 4.69) is 24.3 Å². The van der Waals surface area contributed by atoms with Gasteiger partial charge in [0.2, 0.25) is 0 Å². The normalized spacial score (nSPS) is 13.1. The molecular weight excluding hydrogens is 292 g/mol. The Morgan fingerprint density at radius 3 is 2.09 bits per heavy atom. The molecular formula is C17H16N4S+2. The first kappa shape index (κ1) is 13.3. The minimum absolute atomic E-state index is 0.820. The second kappa shape index (κ2) is 5.10.